The highest BCUT2D eigenvalue weighted by Gasteiger charge is 2.37. The van der Waals surface area contributed by atoms with Crippen molar-refractivity contribution < 1.29 is 4.74 Å². The van der Waals surface area contributed by atoms with E-state index in [2.05, 4.69) is 71.0 Å². The zero-order chi connectivity index (χ0) is 25.2. The normalized spacial score (nSPS) is 19.9. The van der Waals surface area contributed by atoms with E-state index in [-0.39, 0.29) is 6.04 Å². The third-order valence-corrected chi connectivity index (χ3v) is 7.70. The molecule has 4 aromatic rings. The van der Waals surface area contributed by atoms with Crippen LogP contribution in [0.25, 0.3) is 0 Å². The maximum absolute atomic E-state index is 6.47. The molecule has 0 saturated carbocycles. The van der Waals surface area contributed by atoms with Gasteiger partial charge in [-0.05, 0) is 83.1 Å². The Morgan fingerprint density at radius 2 is 1.73 bits per heavy atom. The van der Waals surface area contributed by atoms with Gasteiger partial charge in [-0.25, -0.2) is 0 Å². The fourth-order valence-corrected chi connectivity index (χ4v) is 5.62. The molecular weight excluding hydrogens is 499 g/mol. The van der Waals surface area contributed by atoms with Crippen LogP contribution in [-0.2, 0) is 6.61 Å². The molecule has 0 saturated heterocycles. The van der Waals surface area contributed by atoms with Crippen molar-refractivity contribution in [3.8, 4) is 5.75 Å². The molecule has 184 valence electrons. The maximum atomic E-state index is 6.47. The fraction of sp³-hybridized carbons (Fsp3) is 0.156. The molecule has 6 rings (SSSR count). The van der Waals surface area contributed by atoms with Gasteiger partial charge in [0.05, 0.1) is 16.8 Å². The van der Waals surface area contributed by atoms with Crippen LogP contribution in [0.3, 0.4) is 0 Å². The molecule has 3 atom stereocenters. The zero-order valence-corrected chi connectivity index (χ0v) is 21.7. The van der Waals surface area contributed by atoms with Crippen LogP contribution in [0.1, 0.15) is 40.6 Å². The number of aliphatic imine (C=N–C) groups is 1. The third kappa shape index (κ3) is 5.16. The minimum atomic E-state index is 0.284. The summed E-state index contributed by atoms with van der Waals surface area (Å²) in [4.78, 5) is 4.67. The molecule has 0 radical (unpaired) electrons. The molecule has 37 heavy (non-hydrogen) atoms. The standard InChI is InChI=1S/C32H26Cl2N2O/c33-24-13-8-21(9-14-24)20-37-31-17-10-22(18-29(31)34)19-35-25-15-11-23(12-16-25)32-28-6-3-5-26(28)27-4-1-2-7-30(27)36-32/h1-5,7-19,26,28,32,36H,6,20H2/t26-,28+,32+/m1/s1. The molecule has 0 spiro atoms. The molecule has 0 bridgehead atoms. The van der Waals surface area contributed by atoms with Crippen LogP contribution in [0.5, 0.6) is 5.75 Å². The number of allylic oxidation sites excluding steroid dienone is 2. The molecule has 4 aromatic carbocycles. The molecule has 3 nitrogen and oxygen atoms in total. The molecule has 0 amide bonds. The molecular formula is C32H26Cl2N2O. The average Bonchev–Trinajstić information content (AvgIpc) is 3.43. The van der Waals surface area contributed by atoms with Gasteiger partial charge in [-0.15, -0.1) is 0 Å². The summed E-state index contributed by atoms with van der Waals surface area (Å²) < 4.78 is 5.87. The maximum Gasteiger partial charge on any atom is 0.138 e. The monoisotopic (exact) mass is 524 g/mol. The van der Waals surface area contributed by atoms with Crippen LogP contribution in [0.2, 0.25) is 10.0 Å². The van der Waals surface area contributed by atoms with Gasteiger partial charge in [-0.2, -0.15) is 0 Å². The van der Waals surface area contributed by atoms with Gasteiger partial charge in [-0.3, -0.25) is 4.99 Å². The van der Waals surface area contributed by atoms with Crippen LogP contribution in [-0.4, -0.2) is 6.21 Å². The minimum absolute atomic E-state index is 0.284. The predicted octanol–water partition coefficient (Wildman–Crippen LogP) is 9.15. The molecule has 0 fully saturated rings. The summed E-state index contributed by atoms with van der Waals surface area (Å²) in [5.41, 5.74) is 6.77. The molecule has 2 aliphatic rings. The number of nitrogens with zero attached hydrogens (tertiary/aromatic N) is 1. The zero-order valence-electron chi connectivity index (χ0n) is 20.1. The van der Waals surface area contributed by atoms with Crippen LogP contribution in [0.4, 0.5) is 11.4 Å². The summed E-state index contributed by atoms with van der Waals surface area (Å²) >= 11 is 12.4. The molecule has 1 heterocycles. The first-order chi connectivity index (χ1) is 18.1. The van der Waals surface area contributed by atoms with Crippen molar-refractivity contribution in [1.29, 1.82) is 0 Å². The second-order valence-electron chi connectivity index (χ2n) is 9.52. The highest BCUT2D eigenvalue weighted by molar-refractivity contribution is 6.32. The van der Waals surface area contributed by atoms with E-state index >= 15 is 0 Å². The first-order valence-electron chi connectivity index (χ1n) is 12.5. The molecule has 1 aliphatic carbocycles. The van der Waals surface area contributed by atoms with Crippen molar-refractivity contribution in [1.82, 2.24) is 0 Å². The molecule has 1 aliphatic heterocycles. The van der Waals surface area contributed by atoms with E-state index in [1.54, 1.807) is 0 Å². The Bertz CT molecular complexity index is 1460. The van der Waals surface area contributed by atoms with Gasteiger partial charge in [-0.1, -0.05) is 77.8 Å². The Labute approximate surface area is 227 Å². The van der Waals surface area contributed by atoms with Crippen molar-refractivity contribution in [2.75, 3.05) is 5.32 Å². The fourth-order valence-electron chi connectivity index (χ4n) is 5.25. The Morgan fingerprint density at radius 3 is 2.54 bits per heavy atom. The van der Waals surface area contributed by atoms with E-state index in [0.29, 0.717) is 34.2 Å². The van der Waals surface area contributed by atoms with Gasteiger partial charge in [0.15, 0.2) is 0 Å². The summed E-state index contributed by atoms with van der Waals surface area (Å²) in [6, 6.07) is 30.8. The van der Waals surface area contributed by atoms with E-state index in [1.165, 1.54) is 16.8 Å². The van der Waals surface area contributed by atoms with Crippen LogP contribution >= 0.6 is 23.2 Å². The third-order valence-electron chi connectivity index (χ3n) is 7.15. The largest absolute Gasteiger partial charge is 0.487 e. The minimum Gasteiger partial charge on any atom is -0.487 e. The number of fused-ring (bicyclic) bond motifs is 3. The topological polar surface area (TPSA) is 33.6 Å². The van der Waals surface area contributed by atoms with Gasteiger partial charge in [0.1, 0.15) is 12.4 Å². The summed E-state index contributed by atoms with van der Waals surface area (Å²) in [7, 11) is 0. The number of halogens is 2. The molecule has 1 N–H and O–H groups in total. The summed E-state index contributed by atoms with van der Waals surface area (Å²) in [5.74, 6) is 1.65. The number of rotatable bonds is 6. The lowest BCUT2D eigenvalue weighted by Gasteiger charge is -2.37. The van der Waals surface area contributed by atoms with Gasteiger partial charge in [0, 0.05) is 22.8 Å². The Kier molecular flexibility index (Phi) is 6.73. The number of para-hydroxylation sites is 1. The van der Waals surface area contributed by atoms with Gasteiger partial charge in [0.2, 0.25) is 0 Å². The first kappa shape index (κ1) is 23.8. The quantitative estimate of drug-likeness (QED) is 0.201. The van der Waals surface area contributed by atoms with E-state index in [1.807, 2.05) is 48.7 Å². The van der Waals surface area contributed by atoms with Crippen LogP contribution in [0.15, 0.2) is 108 Å². The lowest BCUT2D eigenvalue weighted by Crippen LogP contribution is -2.28. The van der Waals surface area contributed by atoms with E-state index in [4.69, 9.17) is 27.9 Å². The van der Waals surface area contributed by atoms with Crippen LogP contribution < -0.4 is 10.1 Å². The van der Waals surface area contributed by atoms with Crippen LogP contribution in [0, 0.1) is 5.92 Å². The SMILES string of the molecule is Clc1ccc(COc2ccc(C=Nc3ccc([C@@H]4Nc5ccccc5[C@H]5C=CC[C@@H]54)cc3)cc2Cl)cc1. The summed E-state index contributed by atoms with van der Waals surface area (Å²) in [5, 5.41) is 5.04. The first-order valence-corrected chi connectivity index (χ1v) is 13.2. The van der Waals surface area contributed by atoms with E-state index in [0.717, 1.165) is 23.2 Å². The summed E-state index contributed by atoms with van der Waals surface area (Å²) in [6.07, 6.45) is 7.62. The smallest absolute Gasteiger partial charge is 0.138 e. The van der Waals surface area contributed by atoms with E-state index < -0.39 is 0 Å². The number of hydrogen-bond acceptors (Lipinski definition) is 3. The lowest BCUT2D eigenvalue weighted by molar-refractivity contribution is 0.306. The molecule has 0 aromatic heterocycles. The second-order valence-corrected chi connectivity index (χ2v) is 10.4. The number of nitrogens with one attached hydrogen (secondary N) is 1. The highest BCUT2D eigenvalue weighted by atomic mass is 35.5. The number of anilines is 1. The van der Waals surface area contributed by atoms with Crippen molar-refractivity contribution in [2.45, 2.75) is 25.0 Å². The second kappa shape index (κ2) is 10.5. The summed E-state index contributed by atoms with van der Waals surface area (Å²) in [6.45, 7) is 0.426. The number of benzene rings is 4. The molecule has 0 unspecified atom stereocenters. The Hall–Kier alpha value is -3.53. The molecule has 5 heteroatoms. The van der Waals surface area contributed by atoms with Crippen molar-refractivity contribution in [3.63, 3.8) is 0 Å². The van der Waals surface area contributed by atoms with Crippen molar-refractivity contribution >= 4 is 40.8 Å². The number of ether oxygens (including phenoxy) is 1. The van der Waals surface area contributed by atoms with Gasteiger partial charge < -0.3 is 10.1 Å². The lowest BCUT2D eigenvalue weighted by atomic mass is 9.77. The Morgan fingerprint density at radius 1 is 0.919 bits per heavy atom. The van der Waals surface area contributed by atoms with Crippen molar-refractivity contribution in [3.05, 3.63) is 135 Å². The van der Waals surface area contributed by atoms with Gasteiger partial charge >= 0.3 is 0 Å². The number of hydrogen-bond donors (Lipinski definition) is 1. The highest BCUT2D eigenvalue weighted by Crippen LogP contribution is 2.49. The van der Waals surface area contributed by atoms with E-state index in [9.17, 15) is 0 Å². The average molecular weight is 525 g/mol. The predicted molar refractivity (Wildman–Crippen MR) is 154 cm³/mol. The van der Waals surface area contributed by atoms with Crippen molar-refractivity contribution in [2.24, 2.45) is 10.9 Å². The van der Waals surface area contributed by atoms with Gasteiger partial charge in [0.25, 0.3) is 0 Å². The Balaban J connectivity index is 1.12.